The molecule has 3 aromatic rings. The number of nitrogens with two attached hydrogens (primary N) is 1. The van der Waals surface area contributed by atoms with Crippen LogP contribution >= 0.6 is 0 Å². The van der Waals surface area contributed by atoms with Gasteiger partial charge < -0.3 is 5.73 Å². The van der Waals surface area contributed by atoms with Gasteiger partial charge in [-0.25, -0.2) is 9.97 Å². The number of nitrogens with zero attached hydrogens (tertiary/aromatic N) is 5. The summed E-state index contributed by atoms with van der Waals surface area (Å²) in [5, 5.41) is 4.30. The van der Waals surface area contributed by atoms with Crippen LogP contribution in [0.2, 0.25) is 0 Å². The van der Waals surface area contributed by atoms with E-state index in [2.05, 4.69) is 44.2 Å². The van der Waals surface area contributed by atoms with E-state index in [9.17, 15) is 0 Å². The topological polar surface area (TPSA) is 72.3 Å². The predicted molar refractivity (Wildman–Crippen MR) is 84.2 cm³/mol. The third kappa shape index (κ3) is 2.21. The molecular weight excluding hydrogens is 276 g/mol. The molecule has 1 aromatic carbocycles. The number of aromatic nitrogens is 4. The van der Waals surface area contributed by atoms with Crippen molar-refractivity contribution in [2.75, 3.05) is 12.3 Å². The lowest BCUT2D eigenvalue weighted by Gasteiger charge is -2.28. The first-order chi connectivity index (χ1) is 10.7. The number of benzene rings is 1. The number of hydrogen-bond donors (Lipinski definition) is 1. The molecule has 2 N–H and O–H groups in total. The summed E-state index contributed by atoms with van der Waals surface area (Å²) in [5.74, 6) is 1.09. The first kappa shape index (κ1) is 13.2. The summed E-state index contributed by atoms with van der Waals surface area (Å²) in [5.41, 5.74) is 10.6. The van der Waals surface area contributed by atoms with Crippen LogP contribution in [-0.4, -0.2) is 31.0 Å². The SMILES string of the molecule is Cc1nc2c(CN3CCc4ccccc4C3)cnc(N)n2n1. The van der Waals surface area contributed by atoms with Crippen molar-refractivity contribution < 1.29 is 0 Å². The van der Waals surface area contributed by atoms with Crippen LogP contribution in [0.25, 0.3) is 5.65 Å². The van der Waals surface area contributed by atoms with Crippen molar-refractivity contribution in [2.45, 2.75) is 26.4 Å². The molecule has 6 nitrogen and oxygen atoms in total. The zero-order valence-corrected chi connectivity index (χ0v) is 12.5. The van der Waals surface area contributed by atoms with Crippen molar-refractivity contribution in [1.82, 2.24) is 24.5 Å². The number of hydrogen-bond acceptors (Lipinski definition) is 5. The number of anilines is 1. The van der Waals surface area contributed by atoms with E-state index >= 15 is 0 Å². The Morgan fingerprint density at radius 2 is 2.05 bits per heavy atom. The minimum absolute atomic E-state index is 0.378. The van der Waals surface area contributed by atoms with E-state index in [1.54, 1.807) is 4.52 Å². The van der Waals surface area contributed by atoms with Gasteiger partial charge in [0, 0.05) is 31.4 Å². The Hall–Kier alpha value is -2.47. The fourth-order valence-corrected chi connectivity index (χ4v) is 3.08. The van der Waals surface area contributed by atoms with E-state index < -0.39 is 0 Å². The quantitative estimate of drug-likeness (QED) is 0.777. The smallest absolute Gasteiger partial charge is 0.223 e. The highest BCUT2D eigenvalue weighted by Crippen LogP contribution is 2.21. The molecule has 112 valence electrons. The highest BCUT2D eigenvalue weighted by atomic mass is 15.3. The summed E-state index contributed by atoms with van der Waals surface area (Å²) in [6.45, 7) is 4.68. The average Bonchev–Trinajstić information content (AvgIpc) is 2.93. The third-order valence-corrected chi connectivity index (χ3v) is 4.17. The number of rotatable bonds is 2. The Kier molecular flexibility index (Phi) is 3.04. The van der Waals surface area contributed by atoms with Crippen LogP contribution in [0.4, 0.5) is 5.95 Å². The highest BCUT2D eigenvalue weighted by molar-refractivity contribution is 5.49. The van der Waals surface area contributed by atoms with Crippen molar-refractivity contribution in [3.63, 3.8) is 0 Å². The van der Waals surface area contributed by atoms with Gasteiger partial charge in [0.15, 0.2) is 5.65 Å². The maximum Gasteiger partial charge on any atom is 0.223 e. The van der Waals surface area contributed by atoms with E-state index in [1.807, 2.05) is 13.1 Å². The van der Waals surface area contributed by atoms with Gasteiger partial charge in [0.05, 0.1) is 0 Å². The van der Waals surface area contributed by atoms with Gasteiger partial charge in [-0.2, -0.15) is 4.52 Å². The minimum atomic E-state index is 0.378. The summed E-state index contributed by atoms with van der Waals surface area (Å²) in [6, 6.07) is 8.64. The largest absolute Gasteiger partial charge is 0.368 e. The second-order valence-electron chi connectivity index (χ2n) is 5.77. The summed E-state index contributed by atoms with van der Waals surface area (Å²) in [7, 11) is 0. The summed E-state index contributed by atoms with van der Waals surface area (Å²) >= 11 is 0. The normalized spacial score (nSPS) is 15.1. The van der Waals surface area contributed by atoms with Crippen LogP contribution < -0.4 is 5.73 Å². The van der Waals surface area contributed by atoms with E-state index in [0.717, 1.165) is 37.3 Å². The van der Waals surface area contributed by atoms with Gasteiger partial charge >= 0.3 is 0 Å². The zero-order valence-electron chi connectivity index (χ0n) is 12.5. The molecule has 1 aliphatic rings. The van der Waals surface area contributed by atoms with Crippen molar-refractivity contribution in [3.8, 4) is 0 Å². The van der Waals surface area contributed by atoms with E-state index in [0.29, 0.717) is 11.8 Å². The van der Waals surface area contributed by atoms with Crippen LogP contribution in [0.3, 0.4) is 0 Å². The van der Waals surface area contributed by atoms with Gasteiger partial charge in [0.2, 0.25) is 5.95 Å². The molecule has 0 saturated carbocycles. The molecule has 0 aliphatic carbocycles. The molecule has 0 bridgehead atoms. The highest BCUT2D eigenvalue weighted by Gasteiger charge is 2.18. The first-order valence-corrected chi connectivity index (χ1v) is 7.46. The van der Waals surface area contributed by atoms with Crippen LogP contribution in [-0.2, 0) is 19.5 Å². The second-order valence-corrected chi connectivity index (χ2v) is 5.77. The number of fused-ring (bicyclic) bond motifs is 2. The molecule has 3 heterocycles. The Balaban J connectivity index is 1.64. The maximum atomic E-state index is 5.87. The summed E-state index contributed by atoms with van der Waals surface area (Å²) in [6.07, 6.45) is 2.90. The molecule has 4 rings (SSSR count). The van der Waals surface area contributed by atoms with Crippen molar-refractivity contribution in [3.05, 3.63) is 53.0 Å². The lowest BCUT2D eigenvalue weighted by atomic mass is 10.00. The molecule has 0 amide bonds. The zero-order chi connectivity index (χ0) is 15.1. The standard InChI is InChI=1S/C16H18N6/c1-11-19-15-14(8-18-16(17)22(15)20-11)10-21-7-6-12-4-2-3-5-13(12)9-21/h2-5,8H,6-7,9-10H2,1H3,(H2,17,18). The number of aryl methyl sites for hydroxylation is 1. The van der Waals surface area contributed by atoms with Gasteiger partial charge in [-0.1, -0.05) is 24.3 Å². The van der Waals surface area contributed by atoms with Gasteiger partial charge in [-0.15, -0.1) is 5.10 Å². The van der Waals surface area contributed by atoms with Crippen molar-refractivity contribution in [1.29, 1.82) is 0 Å². The Morgan fingerprint density at radius 3 is 2.91 bits per heavy atom. The van der Waals surface area contributed by atoms with E-state index in [1.165, 1.54) is 11.1 Å². The van der Waals surface area contributed by atoms with Crippen LogP contribution in [0.5, 0.6) is 0 Å². The summed E-state index contributed by atoms with van der Waals surface area (Å²) < 4.78 is 1.63. The predicted octanol–water partition coefficient (Wildman–Crippen LogP) is 1.57. The van der Waals surface area contributed by atoms with E-state index in [4.69, 9.17) is 5.73 Å². The van der Waals surface area contributed by atoms with Crippen LogP contribution in [0.1, 0.15) is 22.5 Å². The molecule has 1 aliphatic heterocycles. The Morgan fingerprint density at radius 1 is 1.23 bits per heavy atom. The lowest BCUT2D eigenvalue weighted by molar-refractivity contribution is 0.246. The molecule has 0 fully saturated rings. The molecule has 0 radical (unpaired) electrons. The van der Waals surface area contributed by atoms with Crippen LogP contribution in [0, 0.1) is 6.92 Å². The molecule has 0 unspecified atom stereocenters. The molecule has 6 heteroatoms. The average molecular weight is 294 g/mol. The van der Waals surface area contributed by atoms with Gasteiger partial charge in [0.25, 0.3) is 0 Å². The second kappa shape index (κ2) is 5.06. The molecule has 0 saturated heterocycles. The van der Waals surface area contributed by atoms with Crippen LogP contribution in [0.15, 0.2) is 30.5 Å². The fourth-order valence-electron chi connectivity index (χ4n) is 3.08. The monoisotopic (exact) mass is 294 g/mol. The summed E-state index contributed by atoms with van der Waals surface area (Å²) in [4.78, 5) is 11.1. The first-order valence-electron chi connectivity index (χ1n) is 7.46. The van der Waals surface area contributed by atoms with Gasteiger partial charge in [-0.05, 0) is 24.5 Å². The van der Waals surface area contributed by atoms with Gasteiger partial charge in [0.1, 0.15) is 5.82 Å². The molecule has 0 spiro atoms. The van der Waals surface area contributed by atoms with Crippen molar-refractivity contribution in [2.24, 2.45) is 0 Å². The lowest BCUT2D eigenvalue weighted by Crippen LogP contribution is -2.30. The maximum absolute atomic E-state index is 5.87. The Bertz CT molecular complexity index is 838. The molecule has 2 aromatic heterocycles. The molecule has 22 heavy (non-hydrogen) atoms. The molecular formula is C16H18N6. The van der Waals surface area contributed by atoms with Gasteiger partial charge in [-0.3, -0.25) is 4.90 Å². The Labute approximate surface area is 128 Å². The molecule has 0 atom stereocenters. The number of nitrogen functional groups attached to an aromatic ring is 1. The fraction of sp³-hybridized carbons (Fsp3) is 0.312. The third-order valence-electron chi connectivity index (χ3n) is 4.17. The van der Waals surface area contributed by atoms with E-state index in [-0.39, 0.29) is 0 Å². The van der Waals surface area contributed by atoms with Crippen molar-refractivity contribution >= 4 is 11.6 Å². The minimum Gasteiger partial charge on any atom is -0.368 e.